The lowest BCUT2D eigenvalue weighted by molar-refractivity contribution is 0.110. The lowest BCUT2D eigenvalue weighted by atomic mass is 10.2. The molecule has 0 aliphatic carbocycles. The van der Waals surface area contributed by atoms with Crippen LogP contribution in [0.1, 0.15) is 18.5 Å². The number of H-pyrrole nitrogens is 1. The van der Waals surface area contributed by atoms with Gasteiger partial charge in [0, 0.05) is 25.8 Å². The van der Waals surface area contributed by atoms with Crippen LogP contribution in [0.2, 0.25) is 0 Å². The highest BCUT2D eigenvalue weighted by atomic mass is 16.5. The second kappa shape index (κ2) is 5.04. The fourth-order valence-corrected chi connectivity index (χ4v) is 1.64. The van der Waals surface area contributed by atoms with Gasteiger partial charge in [0.15, 0.2) is 0 Å². The molecule has 0 amide bonds. The second-order valence-corrected chi connectivity index (χ2v) is 3.68. The molecule has 1 atom stereocenters. The van der Waals surface area contributed by atoms with Gasteiger partial charge in [-0.05, 0) is 18.9 Å². The zero-order valence-electron chi connectivity index (χ0n) is 8.53. The summed E-state index contributed by atoms with van der Waals surface area (Å²) >= 11 is 0. The Morgan fingerprint density at radius 2 is 2.53 bits per heavy atom. The molecule has 1 aliphatic heterocycles. The topological polar surface area (TPSA) is 67.0 Å². The van der Waals surface area contributed by atoms with E-state index in [4.69, 9.17) is 4.74 Å². The molecular formula is C10H15N3O2. The second-order valence-electron chi connectivity index (χ2n) is 3.68. The first kappa shape index (κ1) is 10.3. The van der Waals surface area contributed by atoms with Gasteiger partial charge in [-0.1, -0.05) is 0 Å². The van der Waals surface area contributed by atoms with Crippen LogP contribution in [0.3, 0.4) is 0 Å². The van der Waals surface area contributed by atoms with E-state index in [1.54, 1.807) is 6.07 Å². The molecule has 1 aromatic rings. The summed E-state index contributed by atoms with van der Waals surface area (Å²) in [6.07, 6.45) is 2.63. The van der Waals surface area contributed by atoms with Gasteiger partial charge in [0.25, 0.3) is 5.56 Å². The largest absolute Gasteiger partial charge is 0.377 e. The molecule has 2 rings (SSSR count). The summed E-state index contributed by atoms with van der Waals surface area (Å²) in [5.74, 6) is 0. The highest BCUT2D eigenvalue weighted by molar-refractivity contribution is 4.98. The van der Waals surface area contributed by atoms with Gasteiger partial charge >= 0.3 is 0 Å². The van der Waals surface area contributed by atoms with Crippen molar-refractivity contribution in [3.05, 3.63) is 28.2 Å². The van der Waals surface area contributed by atoms with E-state index in [0.29, 0.717) is 12.6 Å². The maximum atomic E-state index is 10.7. The Bertz CT molecular complexity index is 337. The monoisotopic (exact) mass is 209 g/mol. The van der Waals surface area contributed by atoms with Crippen LogP contribution in [0.15, 0.2) is 16.9 Å². The van der Waals surface area contributed by atoms with Gasteiger partial charge in [-0.25, -0.2) is 5.10 Å². The van der Waals surface area contributed by atoms with Crippen LogP contribution in [0, 0.1) is 0 Å². The van der Waals surface area contributed by atoms with Crippen molar-refractivity contribution < 1.29 is 4.74 Å². The molecule has 2 heterocycles. The minimum atomic E-state index is -0.169. The Hall–Kier alpha value is -1.20. The number of hydrogen-bond acceptors (Lipinski definition) is 4. The maximum Gasteiger partial charge on any atom is 0.264 e. The van der Waals surface area contributed by atoms with Crippen LogP contribution in [0.25, 0.3) is 0 Å². The smallest absolute Gasteiger partial charge is 0.264 e. The van der Waals surface area contributed by atoms with Crippen LogP contribution < -0.4 is 10.9 Å². The number of ether oxygens (including phenoxy) is 1. The molecule has 82 valence electrons. The Balaban J connectivity index is 1.73. The molecule has 0 bridgehead atoms. The summed E-state index contributed by atoms with van der Waals surface area (Å²) in [6.45, 7) is 2.39. The van der Waals surface area contributed by atoms with E-state index in [2.05, 4.69) is 15.5 Å². The lowest BCUT2D eigenvalue weighted by Crippen LogP contribution is -2.26. The Morgan fingerprint density at radius 1 is 1.60 bits per heavy atom. The van der Waals surface area contributed by atoms with E-state index < -0.39 is 0 Å². The lowest BCUT2D eigenvalue weighted by Gasteiger charge is -2.09. The molecule has 1 fully saturated rings. The van der Waals surface area contributed by atoms with Gasteiger partial charge in [-0.3, -0.25) is 4.79 Å². The van der Waals surface area contributed by atoms with Crippen molar-refractivity contribution in [3.8, 4) is 0 Å². The standard InChI is InChI=1S/C10H15N3O2/c14-10-4-3-8(12-13-10)6-11-7-9-2-1-5-15-9/h3-4,9,11H,1-2,5-7H2,(H,13,14). The van der Waals surface area contributed by atoms with Crippen molar-refractivity contribution in [2.24, 2.45) is 0 Å². The molecule has 5 heteroatoms. The molecule has 0 spiro atoms. The molecule has 1 unspecified atom stereocenters. The van der Waals surface area contributed by atoms with E-state index in [0.717, 1.165) is 31.7 Å². The minimum Gasteiger partial charge on any atom is -0.377 e. The summed E-state index contributed by atoms with van der Waals surface area (Å²) in [5, 5.41) is 9.56. The summed E-state index contributed by atoms with van der Waals surface area (Å²) in [6, 6.07) is 3.21. The first-order chi connectivity index (χ1) is 7.34. The highest BCUT2D eigenvalue weighted by Gasteiger charge is 2.14. The third kappa shape index (κ3) is 3.14. The van der Waals surface area contributed by atoms with Crippen LogP contribution in [0.5, 0.6) is 0 Å². The van der Waals surface area contributed by atoms with Gasteiger partial charge in [-0.2, -0.15) is 5.10 Å². The number of aromatic amines is 1. The zero-order valence-corrected chi connectivity index (χ0v) is 8.53. The fourth-order valence-electron chi connectivity index (χ4n) is 1.64. The Kier molecular flexibility index (Phi) is 3.47. The minimum absolute atomic E-state index is 0.169. The highest BCUT2D eigenvalue weighted by Crippen LogP contribution is 2.10. The van der Waals surface area contributed by atoms with E-state index in [-0.39, 0.29) is 5.56 Å². The molecule has 5 nitrogen and oxygen atoms in total. The molecule has 2 N–H and O–H groups in total. The van der Waals surface area contributed by atoms with Crippen LogP contribution >= 0.6 is 0 Å². The SMILES string of the molecule is O=c1ccc(CNCC2CCCO2)n[nH]1. The van der Waals surface area contributed by atoms with Crippen molar-refractivity contribution >= 4 is 0 Å². The first-order valence-electron chi connectivity index (χ1n) is 5.21. The predicted octanol–water partition coefficient (Wildman–Crippen LogP) is 0.0385. The Morgan fingerprint density at radius 3 is 3.20 bits per heavy atom. The number of aromatic nitrogens is 2. The molecule has 1 saturated heterocycles. The van der Waals surface area contributed by atoms with Gasteiger partial charge < -0.3 is 10.1 Å². The Labute approximate surface area is 87.8 Å². The molecule has 0 radical (unpaired) electrons. The number of rotatable bonds is 4. The van der Waals surface area contributed by atoms with E-state index in [1.807, 2.05) is 0 Å². The average molecular weight is 209 g/mol. The number of nitrogens with zero attached hydrogens (tertiary/aromatic N) is 1. The van der Waals surface area contributed by atoms with E-state index in [1.165, 1.54) is 6.07 Å². The number of nitrogens with one attached hydrogen (secondary N) is 2. The van der Waals surface area contributed by atoms with E-state index >= 15 is 0 Å². The van der Waals surface area contributed by atoms with Crippen LogP contribution in [-0.2, 0) is 11.3 Å². The molecule has 0 saturated carbocycles. The van der Waals surface area contributed by atoms with Gasteiger partial charge in [0.1, 0.15) is 0 Å². The summed E-state index contributed by atoms with van der Waals surface area (Å²) in [5.41, 5.74) is 0.672. The average Bonchev–Trinajstić information content (AvgIpc) is 2.74. The summed E-state index contributed by atoms with van der Waals surface area (Å²) in [4.78, 5) is 10.7. The van der Waals surface area contributed by atoms with Crippen molar-refractivity contribution in [3.63, 3.8) is 0 Å². The van der Waals surface area contributed by atoms with Gasteiger partial charge in [-0.15, -0.1) is 0 Å². The maximum absolute atomic E-state index is 10.7. The quantitative estimate of drug-likeness (QED) is 0.734. The third-order valence-electron chi connectivity index (χ3n) is 2.44. The molecule has 15 heavy (non-hydrogen) atoms. The predicted molar refractivity (Wildman–Crippen MR) is 55.5 cm³/mol. The van der Waals surface area contributed by atoms with Crippen LogP contribution in [0.4, 0.5) is 0 Å². The number of hydrogen-bond donors (Lipinski definition) is 2. The normalized spacial score (nSPS) is 20.7. The van der Waals surface area contributed by atoms with Crippen molar-refractivity contribution in [2.75, 3.05) is 13.2 Å². The molecule has 1 aliphatic rings. The zero-order chi connectivity index (χ0) is 10.5. The van der Waals surface area contributed by atoms with Gasteiger partial charge in [0.05, 0.1) is 11.8 Å². The first-order valence-corrected chi connectivity index (χ1v) is 5.21. The molecule has 1 aromatic heterocycles. The van der Waals surface area contributed by atoms with E-state index in [9.17, 15) is 4.79 Å². The summed E-state index contributed by atoms with van der Waals surface area (Å²) in [7, 11) is 0. The van der Waals surface area contributed by atoms with Crippen LogP contribution in [-0.4, -0.2) is 29.5 Å². The molecular weight excluding hydrogens is 194 g/mol. The van der Waals surface area contributed by atoms with Crippen molar-refractivity contribution in [1.82, 2.24) is 15.5 Å². The third-order valence-corrected chi connectivity index (χ3v) is 2.44. The van der Waals surface area contributed by atoms with Crippen molar-refractivity contribution in [1.29, 1.82) is 0 Å². The molecule has 0 aromatic carbocycles. The van der Waals surface area contributed by atoms with Crippen molar-refractivity contribution in [2.45, 2.75) is 25.5 Å². The fraction of sp³-hybridized carbons (Fsp3) is 0.600. The summed E-state index contributed by atoms with van der Waals surface area (Å²) < 4.78 is 5.47. The van der Waals surface area contributed by atoms with Gasteiger partial charge in [0.2, 0.25) is 0 Å².